The average molecular weight is 497 g/mol. The summed E-state index contributed by atoms with van der Waals surface area (Å²) in [6.07, 6.45) is 1.87. The summed E-state index contributed by atoms with van der Waals surface area (Å²) in [6, 6.07) is 23.7. The first-order valence-corrected chi connectivity index (χ1v) is 11.9. The largest absolute Gasteiger partial charge is 0.481 e. The Morgan fingerprint density at radius 1 is 1.05 bits per heavy atom. The Balaban J connectivity index is 1.59. The molecule has 1 unspecified atom stereocenters. The topological polar surface area (TPSA) is 121 Å². The van der Waals surface area contributed by atoms with Crippen LogP contribution in [0.25, 0.3) is 0 Å². The minimum atomic E-state index is -0.933. The molecule has 0 aromatic heterocycles. The number of anilines is 1. The number of nitrogens with zero attached hydrogens (tertiary/aromatic N) is 4. The number of carbonyl (C=O) groups excluding carboxylic acids is 1. The second-order valence-electron chi connectivity index (χ2n) is 8.73. The van der Waals surface area contributed by atoms with Crippen molar-refractivity contribution in [2.75, 3.05) is 25.0 Å². The van der Waals surface area contributed by atoms with Gasteiger partial charge in [0.05, 0.1) is 18.2 Å². The molecule has 3 aromatic carbocycles. The summed E-state index contributed by atoms with van der Waals surface area (Å²) in [5, 5.41) is 24.1. The first-order valence-electron chi connectivity index (χ1n) is 11.9. The monoisotopic (exact) mass is 496 g/mol. The third-order valence-electron chi connectivity index (χ3n) is 6.17. The maximum Gasteiger partial charge on any atom is 0.322 e. The molecule has 3 N–H and O–H groups in total. The van der Waals surface area contributed by atoms with E-state index in [9.17, 15) is 14.9 Å². The number of para-hydroxylation sites is 1. The summed E-state index contributed by atoms with van der Waals surface area (Å²) < 4.78 is 0. The molecule has 9 heteroatoms. The van der Waals surface area contributed by atoms with Crippen LogP contribution >= 0.6 is 0 Å². The van der Waals surface area contributed by atoms with Gasteiger partial charge in [-0.15, -0.1) is 0 Å². The molecule has 3 aromatic rings. The zero-order chi connectivity index (χ0) is 26.2. The van der Waals surface area contributed by atoms with E-state index in [4.69, 9.17) is 10.1 Å². The average Bonchev–Trinajstić information content (AvgIpc) is 2.89. The lowest BCUT2D eigenvalue weighted by Gasteiger charge is -2.42. The van der Waals surface area contributed by atoms with Gasteiger partial charge >= 0.3 is 12.0 Å². The molecule has 188 valence electrons. The number of benzene rings is 3. The van der Waals surface area contributed by atoms with Gasteiger partial charge in [-0.3, -0.25) is 10.1 Å². The minimum absolute atomic E-state index is 0.121. The standard InChI is InChI=1S/C28H28N6O3/c1-20-8-5-6-13-24(20)32-27(30-19-29)33-14-15-34(25(18-33)22-10-3-2-4-11-22)28(37)31-23-12-7-9-21(16-23)17-26(35)36/h2-13,16,25H,14-15,17-18H2,1H3,(H,30,32)(H,31,37)(H,35,36). The smallest absolute Gasteiger partial charge is 0.322 e. The normalized spacial score (nSPS) is 15.6. The number of amides is 2. The molecular weight excluding hydrogens is 468 g/mol. The van der Waals surface area contributed by atoms with E-state index in [2.05, 4.69) is 10.6 Å². The number of carbonyl (C=O) groups is 2. The van der Waals surface area contributed by atoms with Gasteiger partial charge in [0, 0.05) is 25.3 Å². The molecule has 0 aliphatic carbocycles. The molecule has 1 aliphatic heterocycles. The number of aliphatic carboxylic acids is 1. The fourth-order valence-electron chi connectivity index (χ4n) is 4.34. The molecule has 2 amide bonds. The first kappa shape index (κ1) is 25.3. The number of rotatable bonds is 5. The van der Waals surface area contributed by atoms with E-state index in [1.807, 2.05) is 72.6 Å². The van der Waals surface area contributed by atoms with Crippen LogP contribution < -0.4 is 10.6 Å². The van der Waals surface area contributed by atoms with Crippen molar-refractivity contribution in [3.8, 4) is 6.19 Å². The van der Waals surface area contributed by atoms with Crippen LogP contribution in [-0.2, 0) is 11.2 Å². The summed E-state index contributed by atoms with van der Waals surface area (Å²) in [4.78, 5) is 32.9. The number of nitrogens with one attached hydrogen (secondary N) is 2. The predicted octanol–water partition coefficient (Wildman–Crippen LogP) is 4.27. The Hall–Kier alpha value is -4.84. The number of nitriles is 1. The van der Waals surface area contributed by atoms with Crippen molar-refractivity contribution in [3.05, 3.63) is 95.6 Å². The molecule has 1 atom stereocenters. The number of hydrogen-bond donors (Lipinski definition) is 3. The van der Waals surface area contributed by atoms with Crippen molar-refractivity contribution in [2.45, 2.75) is 19.4 Å². The van der Waals surface area contributed by atoms with Crippen LogP contribution in [0.2, 0.25) is 0 Å². The summed E-state index contributed by atoms with van der Waals surface area (Å²) >= 11 is 0. The molecule has 0 bridgehead atoms. The third-order valence-corrected chi connectivity index (χ3v) is 6.17. The van der Waals surface area contributed by atoms with Crippen molar-refractivity contribution in [1.29, 1.82) is 5.26 Å². The first-order chi connectivity index (χ1) is 17.9. The fourth-order valence-corrected chi connectivity index (χ4v) is 4.34. The van der Waals surface area contributed by atoms with Gasteiger partial charge in [0.15, 0.2) is 6.19 Å². The number of piperazine rings is 1. The zero-order valence-electron chi connectivity index (χ0n) is 20.5. The van der Waals surface area contributed by atoms with Crippen LogP contribution in [0.4, 0.5) is 16.2 Å². The second kappa shape index (κ2) is 11.7. The number of aliphatic imine (C=N–C) groups is 1. The number of guanidine groups is 1. The van der Waals surface area contributed by atoms with E-state index in [1.54, 1.807) is 29.2 Å². The Morgan fingerprint density at radius 3 is 2.54 bits per heavy atom. The molecule has 1 heterocycles. The molecule has 1 aliphatic rings. The molecular formula is C28H28N6O3. The molecule has 37 heavy (non-hydrogen) atoms. The number of carboxylic acids is 1. The van der Waals surface area contributed by atoms with E-state index < -0.39 is 5.97 Å². The Kier molecular flexibility index (Phi) is 8.01. The highest BCUT2D eigenvalue weighted by molar-refractivity contribution is 5.90. The summed E-state index contributed by atoms with van der Waals surface area (Å²) in [6.45, 7) is 3.24. The van der Waals surface area contributed by atoms with Gasteiger partial charge in [0.25, 0.3) is 0 Å². The maximum atomic E-state index is 13.4. The van der Waals surface area contributed by atoms with E-state index >= 15 is 0 Å². The van der Waals surface area contributed by atoms with Crippen LogP contribution in [-0.4, -0.2) is 52.5 Å². The van der Waals surface area contributed by atoms with Gasteiger partial charge in [-0.25, -0.2) is 9.79 Å². The van der Waals surface area contributed by atoms with E-state index in [-0.39, 0.29) is 18.5 Å². The van der Waals surface area contributed by atoms with Crippen LogP contribution in [0.1, 0.15) is 22.7 Å². The van der Waals surface area contributed by atoms with Gasteiger partial charge in [0.1, 0.15) is 0 Å². The number of urea groups is 1. The molecule has 0 radical (unpaired) electrons. The van der Waals surface area contributed by atoms with E-state index in [0.717, 1.165) is 16.8 Å². The Morgan fingerprint density at radius 2 is 1.81 bits per heavy atom. The van der Waals surface area contributed by atoms with Crippen molar-refractivity contribution < 1.29 is 14.7 Å². The van der Waals surface area contributed by atoms with E-state index in [0.29, 0.717) is 36.8 Å². The Labute approximate surface area is 215 Å². The quantitative estimate of drug-likeness (QED) is 0.210. The van der Waals surface area contributed by atoms with Gasteiger partial charge in [-0.2, -0.15) is 5.26 Å². The summed E-state index contributed by atoms with van der Waals surface area (Å²) in [7, 11) is 0. The number of aryl methyl sites for hydroxylation is 1. The van der Waals surface area contributed by atoms with Crippen LogP contribution in [0, 0.1) is 18.4 Å². The molecule has 0 spiro atoms. The number of carboxylic acid groups (broad SMARTS) is 1. The lowest BCUT2D eigenvalue weighted by molar-refractivity contribution is -0.136. The molecule has 1 fully saturated rings. The SMILES string of the molecule is Cc1ccccc1N=C(NC#N)N1CCN(C(=O)Nc2cccc(CC(=O)O)c2)C(c2ccccc2)C1. The van der Waals surface area contributed by atoms with Gasteiger partial charge in [0.2, 0.25) is 5.96 Å². The lowest BCUT2D eigenvalue weighted by Crippen LogP contribution is -2.55. The second-order valence-corrected chi connectivity index (χ2v) is 8.73. The van der Waals surface area contributed by atoms with Crippen molar-refractivity contribution in [3.63, 3.8) is 0 Å². The molecule has 9 nitrogen and oxygen atoms in total. The van der Waals surface area contributed by atoms with Crippen LogP contribution in [0.15, 0.2) is 83.9 Å². The highest BCUT2D eigenvalue weighted by Gasteiger charge is 2.33. The van der Waals surface area contributed by atoms with Crippen LogP contribution in [0.5, 0.6) is 0 Å². The maximum absolute atomic E-state index is 13.4. The Bertz CT molecular complexity index is 1330. The molecule has 0 saturated carbocycles. The minimum Gasteiger partial charge on any atom is -0.481 e. The summed E-state index contributed by atoms with van der Waals surface area (Å²) in [5.74, 6) is -0.503. The fraction of sp³-hybridized carbons (Fsp3) is 0.214. The lowest BCUT2D eigenvalue weighted by atomic mass is 10.0. The van der Waals surface area contributed by atoms with Gasteiger partial charge < -0.3 is 20.2 Å². The van der Waals surface area contributed by atoms with E-state index in [1.165, 1.54) is 0 Å². The van der Waals surface area contributed by atoms with Crippen LogP contribution in [0.3, 0.4) is 0 Å². The zero-order valence-corrected chi connectivity index (χ0v) is 20.5. The highest BCUT2D eigenvalue weighted by atomic mass is 16.4. The third kappa shape index (κ3) is 6.44. The van der Waals surface area contributed by atoms with Crippen molar-refractivity contribution in [1.82, 2.24) is 15.1 Å². The summed E-state index contributed by atoms with van der Waals surface area (Å²) in [5.41, 5.74) is 3.84. The number of hydrogen-bond acceptors (Lipinski definition) is 4. The van der Waals surface area contributed by atoms with Gasteiger partial charge in [-0.05, 0) is 41.8 Å². The predicted molar refractivity (Wildman–Crippen MR) is 141 cm³/mol. The van der Waals surface area contributed by atoms with Gasteiger partial charge in [-0.1, -0.05) is 60.7 Å². The highest BCUT2D eigenvalue weighted by Crippen LogP contribution is 2.27. The van der Waals surface area contributed by atoms with Crippen molar-refractivity contribution in [2.24, 2.45) is 4.99 Å². The molecule has 1 saturated heterocycles. The van der Waals surface area contributed by atoms with Crippen molar-refractivity contribution >= 4 is 29.3 Å². The molecule has 4 rings (SSSR count).